The van der Waals surface area contributed by atoms with Gasteiger partial charge in [0, 0.05) is 24.7 Å². The molecule has 0 aromatic carbocycles. The zero-order chi connectivity index (χ0) is 17.8. The van der Waals surface area contributed by atoms with Gasteiger partial charge in [0.15, 0.2) is 0 Å². The van der Waals surface area contributed by atoms with Gasteiger partial charge >= 0.3 is 5.97 Å². The van der Waals surface area contributed by atoms with E-state index in [0.29, 0.717) is 18.6 Å². The summed E-state index contributed by atoms with van der Waals surface area (Å²) in [5, 5.41) is 18.5. The van der Waals surface area contributed by atoms with E-state index in [4.69, 9.17) is 5.11 Å². The van der Waals surface area contributed by atoms with Crippen molar-refractivity contribution in [2.45, 2.75) is 90.1 Å². The minimum atomic E-state index is -0.742. The van der Waals surface area contributed by atoms with E-state index >= 15 is 0 Å². The third kappa shape index (κ3) is 8.49. The van der Waals surface area contributed by atoms with Crippen LogP contribution in [-0.4, -0.2) is 28.1 Å². The molecule has 0 spiro atoms. The molecule has 4 heteroatoms. The molecule has 4 nitrogen and oxygen atoms in total. The molecule has 1 aliphatic carbocycles. The first-order valence-electron chi connectivity index (χ1n) is 9.48. The highest BCUT2D eigenvalue weighted by molar-refractivity contribution is 5.83. The van der Waals surface area contributed by atoms with Crippen LogP contribution in [0.1, 0.15) is 84.0 Å². The zero-order valence-corrected chi connectivity index (χ0v) is 14.9. The lowest BCUT2D eigenvalue weighted by molar-refractivity contribution is -0.137. The van der Waals surface area contributed by atoms with Crippen molar-refractivity contribution in [2.75, 3.05) is 0 Å². The Hall–Kier alpha value is -1.34. The smallest absolute Gasteiger partial charge is 0.303 e. The molecule has 0 bridgehead atoms. The summed E-state index contributed by atoms with van der Waals surface area (Å²) in [4.78, 5) is 22.5. The maximum atomic E-state index is 12.0. The van der Waals surface area contributed by atoms with Gasteiger partial charge in [0.25, 0.3) is 0 Å². The maximum absolute atomic E-state index is 12.0. The summed E-state index contributed by atoms with van der Waals surface area (Å²) in [5.41, 5.74) is 0. The van der Waals surface area contributed by atoms with E-state index in [1.807, 2.05) is 0 Å². The van der Waals surface area contributed by atoms with Gasteiger partial charge in [0.2, 0.25) is 0 Å². The Balaban J connectivity index is 2.31. The molecule has 1 rings (SSSR count). The average Bonchev–Trinajstić information content (AvgIpc) is 2.89. The van der Waals surface area contributed by atoms with E-state index < -0.39 is 12.1 Å². The van der Waals surface area contributed by atoms with Crippen molar-refractivity contribution in [3.05, 3.63) is 0 Å². The van der Waals surface area contributed by atoms with Gasteiger partial charge in [0.1, 0.15) is 11.9 Å². The van der Waals surface area contributed by atoms with Crippen molar-refractivity contribution in [3.63, 3.8) is 0 Å². The summed E-state index contributed by atoms with van der Waals surface area (Å²) in [6, 6.07) is 0. The predicted octanol–water partition coefficient (Wildman–Crippen LogP) is 3.95. The van der Waals surface area contributed by atoms with Gasteiger partial charge in [-0.15, -0.1) is 0 Å². The quantitative estimate of drug-likeness (QED) is 0.442. The molecule has 0 aromatic rings. The second kappa shape index (κ2) is 12.1. The number of ketones is 1. The maximum Gasteiger partial charge on any atom is 0.303 e. The summed E-state index contributed by atoms with van der Waals surface area (Å²) in [6.07, 6.45) is 9.42. The SMILES string of the molecule is CCCCCC(O)C#CC1CCC(=O)C1CCCCCCC(=O)O. The van der Waals surface area contributed by atoms with E-state index in [2.05, 4.69) is 18.8 Å². The van der Waals surface area contributed by atoms with E-state index in [9.17, 15) is 14.7 Å². The molecule has 3 atom stereocenters. The van der Waals surface area contributed by atoms with Crippen LogP contribution in [-0.2, 0) is 9.59 Å². The molecule has 2 N–H and O–H groups in total. The van der Waals surface area contributed by atoms with Crippen LogP contribution in [0.25, 0.3) is 0 Å². The minimum Gasteiger partial charge on any atom is -0.481 e. The normalized spacial score (nSPS) is 21.3. The van der Waals surface area contributed by atoms with E-state index in [0.717, 1.165) is 57.8 Å². The van der Waals surface area contributed by atoms with E-state index in [1.165, 1.54) is 0 Å². The van der Waals surface area contributed by atoms with Crippen molar-refractivity contribution in [2.24, 2.45) is 11.8 Å². The summed E-state index contributed by atoms with van der Waals surface area (Å²) in [5.74, 6) is 5.77. The highest BCUT2D eigenvalue weighted by Gasteiger charge is 2.32. The van der Waals surface area contributed by atoms with Gasteiger partial charge < -0.3 is 10.2 Å². The summed E-state index contributed by atoms with van der Waals surface area (Å²) >= 11 is 0. The fourth-order valence-electron chi connectivity index (χ4n) is 3.30. The van der Waals surface area contributed by atoms with Crippen LogP contribution in [0.5, 0.6) is 0 Å². The third-order valence-electron chi connectivity index (χ3n) is 4.77. The second-order valence-corrected chi connectivity index (χ2v) is 6.86. The van der Waals surface area contributed by atoms with Crippen LogP contribution in [0.15, 0.2) is 0 Å². The van der Waals surface area contributed by atoms with Gasteiger partial charge in [-0.3, -0.25) is 9.59 Å². The number of carboxylic acid groups (broad SMARTS) is 1. The molecule has 3 unspecified atom stereocenters. The Morgan fingerprint density at radius 2 is 1.96 bits per heavy atom. The molecule has 24 heavy (non-hydrogen) atoms. The average molecular weight is 336 g/mol. The van der Waals surface area contributed by atoms with E-state index in [-0.39, 0.29) is 18.3 Å². The second-order valence-electron chi connectivity index (χ2n) is 6.86. The number of aliphatic hydroxyl groups is 1. The van der Waals surface area contributed by atoms with Gasteiger partial charge in [-0.25, -0.2) is 0 Å². The van der Waals surface area contributed by atoms with Crippen LogP contribution >= 0.6 is 0 Å². The first-order chi connectivity index (χ1) is 11.5. The summed E-state index contributed by atoms with van der Waals surface area (Å²) in [7, 11) is 0. The Bertz CT molecular complexity index is 446. The standard InChI is InChI=1S/C20H32O4/c1-2-3-6-9-17(21)14-12-16-13-15-19(22)18(16)10-7-4-5-8-11-20(23)24/h16-18,21H,2-11,13,15H2,1H3,(H,23,24). The topological polar surface area (TPSA) is 74.6 Å². The van der Waals surface area contributed by atoms with Crippen LogP contribution < -0.4 is 0 Å². The van der Waals surface area contributed by atoms with Gasteiger partial charge in [-0.1, -0.05) is 50.9 Å². The number of Topliss-reactive ketones (excluding diaryl/α,β-unsaturated/α-hetero) is 1. The number of carboxylic acids is 1. The number of hydrogen-bond acceptors (Lipinski definition) is 3. The number of hydrogen-bond donors (Lipinski definition) is 2. The molecule has 136 valence electrons. The Morgan fingerprint density at radius 1 is 1.21 bits per heavy atom. The largest absolute Gasteiger partial charge is 0.481 e. The van der Waals surface area contributed by atoms with Crippen LogP contribution in [0.2, 0.25) is 0 Å². The molecule has 0 heterocycles. The van der Waals surface area contributed by atoms with Crippen LogP contribution in [0.4, 0.5) is 0 Å². The molecule has 0 radical (unpaired) electrons. The Morgan fingerprint density at radius 3 is 2.67 bits per heavy atom. The van der Waals surface area contributed by atoms with Crippen molar-refractivity contribution in [3.8, 4) is 11.8 Å². The van der Waals surface area contributed by atoms with E-state index in [1.54, 1.807) is 0 Å². The van der Waals surface area contributed by atoms with Crippen molar-refractivity contribution in [1.29, 1.82) is 0 Å². The van der Waals surface area contributed by atoms with Crippen LogP contribution in [0.3, 0.4) is 0 Å². The lowest BCUT2D eigenvalue weighted by Gasteiger charge is -2.13. The highest BCUT2D eigenvalue weighted by Crippen LogP contribution is 2.32. The summed E-state index contributed by atoms with van der Waals surface area (Å²) in [6.45, 7) is 2.13. The van der Waals surface area contributed by atoms with Gasteiger partial charge in [-0.2, -0.15) is 0 Å². The van der Waals surface area contributed by atoms with Crippen molar-refractivity contribution >= 4 is 11.8 Å². The molecule has 0 aromatic heterocycles. The molecular weight excluding hydrogens is 304 g/mol. The predicted molar refractivity (Wildman–Crippen MR) is 94.5 cm³/mol. The number of carbonyl (C=O) groups excluding carboxylic acids is 1. The van der Waals surface area contributed by atoms with Crippen molar-refractivity contribution < 1.29 is 19.8 Å². The van der Waals surface area contributed by atoms with Gasteiger partial charge in [0.05, 0.1) is 0 Å². The lowest BCUT2D eigenvalue weighted by atomic mass is 9.90. The molecule has 0 amide bonds. The fraction of sp³-hybridized carbons (Fsp3) is 0.800. The van der Waals surface area contributed by atoms with Crippen molar-refractivity contribution in [1.82, 2.24) is 0 Å². The van der Waals surface area contributed by atoms with Gasteiger partial charge in [-0.05, 0) is 32.1 Å². The Labute approximate surface area is 146 Å². The number of aliphatic carboxylic acids is 1. The first-order valence-corrected chi connectivity index (χ1v) is 9.48. The fourth-order valence-corrected chi connectivity index (χ4v) is 3.30. The first kappa shape index (κ1) is 20.7. The molecular formula is C20H32O4. The molecule has 1 fully saturated rings. The number of rotatable bonds is 11. The number of aliphatic hydroxyl groups excluding tert-OH is 1. The Kier molecular flexibility index (Phi) is 10.4. The minimum absolute atomic E-state index is 0.0137. The molecule has 0 aliphatic heterocycles. The molecule has 1 saturated carbocycles. The number of unbranched alkanes of at least 4 members (excludes halogenated alkanes) is 5. The third-order valence-corrected chi connectivity index (χ3v) is 4.77. The zero-order valence-electron chi connectivity index (χ0n) is 14.9. The van der Waals surface area contributed by atoms with Crippen LogP contribution in [0, 0.1) is 23.7 Å². The molecule has 1 aliphatic rings. The molecule has 0 saturated heterocycles. The highest BCUT2D eigenvalue weighted by atomic mass is 16.4. The monoisotopic (exact) mass is 336 g/mol. The number of carbonyl (C=O) groups is 2. The lowest BCUT2D eigenvalue weighted by Crippen LogP contribution is -2.14. The summed E-state index contributed by atoms with van der Waals surface area (Å²) < 4.78 is 0.